The van der Waals surface area contributed by atoms with Crippen molar-refractivity contribution in [2.75, 3.05) is 0 Å². The van der Waals surface area contributed by atoms with E-state index in [0.717, 1.165) is 6.08 Å². The van der Waals surface area contributed by atoms with Crippen molar-refractivity contribution in [3.63, 3.8) is 0 Å². The maximum atomic E-state index is 11.2. The molecule has 82 valence electrons. The minimum absolute atomic E-state index is 0.430. The van der Waals surface area contributed by atoms with Crippen molar-refractivity contribution in [2.24, 2.45) is 0 Å². The molecule has 0 N–H and O–H groups in total. The molecule has 2 nitrogen and oxygen atoms in total. The molecule has 0 radical (unpaired) electrons. The molecule has 15 heavy (non-hydrogen) atoms. The SMILES string of the molecule is C=CCC(CC=C)(CC=C)OC(=O)C=C. The fourth-order valence-electron chi connectivity index (χ4n) is 1.42. The summed E-state index contributed by atoms with van der Waals surface area (Å²) in [6.45, 7) is 14.3. The molecule has 0 aromatic heterocycles. The normalized spacial score (nSPS) is 10.1. The quantitative estimate of drug-likeness (QED) is 0.346. The van der Waals surface area contributed by atoms with Crippen LogP contribution in [0.25, 0.3) is 0 Å². The Morgan fingerprint density at radius 1 is 1.00 bits per heavy atom. The molecule has 0 aliphatic carbocycles. The fourth-order valence-corrected chi connectivity index (χ4v) is 1.42. The zero-order valence-electron chi connectivity index (χ0n) is 9.08. The molecule has 2 heteroatoms. The molecule has 0 aromatic carbocycles. The summed E-state index contributed by atoms with van der Waals surface area (Å²) in [5.74, 6) is -0.430. The molecule has 0 atom stereocenters. The Bertz CT molecular complexity index is 237. The predicted molar refractivity (Wildman–Crippen MR) is 63.5 cm³/mol. The van der Waals surface area contributed by atoms with Crippen LogP contribution < -0.4 is 0 Å². The smallest absolute Gasteiger partial charge is 0.330 e. The average molecular weight is 206 g/mol. The molecule has 0 bridgehead atoms. The monoisotopic (exact) mass is 206 g/mol. The van der Waals surface area contributed by atoms with Crippen LogP contribution in [0.1, 0.15) is 19.3 Å². The summed E-state index contributed by atoms with van der Waals surface area (Å²) in [5, 5.41) is 0. The van der Waals surface area contributed by atoms with Gasteiger partial charge in [0.1, 0.15) is 5.60 Å². The Balaban J connectivity index is 4.80. The van der Waals surface area contributed by atoms with Crippen molar-refractivity contribution < 1.29 is 9.53 Å². The minimum atomic E-state index is -0.601. The second kappa shape index (κ2) is 6.82. The highest BCUT2D eigenvalue weighted by atomic mass is 16.6. The van der Waals surface area contributed by atoms with E-state index in [1.54, 1.807) is 18.2 Å². The number of esters is 1. The van der Waals surface area contributed by atoms with Crippen LogP contribution >= 0.6 is 0 Å². The van der Waals surface area contributed by atoms with Crippen LogP contribution in [0.4, 0.5) is 0 Å². The Kier molecular flexibility index (Phi) is 6.11. The van der Waals surface area contributed by atoms with E-state index in [1.165, 1.54) is 0 Å². The number of carbonyl (C=O) groups is 1. The first-order valence-electron chi connectivity index (χ1n) is 4.82. The van der Waals surface area contributed by atoms with Gasteiger partial charge < -0.3 is 4.74 Å². The van der Waals surface area contributed by atoms with Gasteiger partial charge in [-0.1, -0.05) is 24.8 Å². The number of carbonyl (C=O) groups excluding carboxylic acids is 1. The van der Waals surface area contributed by atoms with Gasteiger partial charge in [-0.05, 0) is 0 Å². The molecule has 0 spiro atoms. The third-order valence-electron chi connectivity index (χ3n) is 2.03. The van der Waals surface area contributed by atoms with E-state index < -0.39 is 11.6 Å². The average Bonchev–Trinajstić information content (AvgIpc) is 2.18. The van der Waals surface area contributed by atoms with Gasteiger partial charge in [-0.15, -0.1) is 19.7 Å². The lowest BCUT2D eigenvalue weighted by molar-refractivity contribution is -0.152. The fraction of sp³-hybridized carbons (Fsp3) is 0.308. The van der Waals surface area contributed by atoms with Gasteiger partial charge >= 0.3 is 5.97 Å². The zero-order valence-corrected chi connectivity index (χ0v) is 9.08. The van der Waals surface area contributed by atoms with Gasteiger partial charge in [0, 0.05) is 25.3 Å². The lowest BCUT2D eigenvalue weighted by Gasteiger charge is -2.30. The van der Waals surface area contributed by atoms with E-state index in [4.69, 9.17) is 4.74 Å². The van der Waals surface area contributed by atoms with Gasteiger partial charge in [-0.25, -0.2) is 4.79 Å². The van der Waals surface area contributed by atoms with Gasteiger partial charge in [-0.3, -0.25) is 0 Å². The van der Waals surface area contributed by atoms with Crippen LogP contribution in [0.2, 0.25) is 0 Å². The highest BCUT2D eigenvalue weighted by molar-refractivity contribution is 5.81. The van der Waals surface area contributed by atoms with Gasteiger partial charge in [0.05, 0.1) is 0 Å². The summed E-state index contributed by atoms with van der Waals surface area (Å²) in [4.78, 5) is 11.2. The lowest BCUT2D eigenvalue weighted by atomic mass is 9.91. The molecule has 0 fully saturated rings. The summed E-state index contributed by atoms with van der Waals surface area (Å²) >= 11 is 0. The van der Waals surface area contributed by atoms with Crippen LogP contribution in [0, 0.1) is 0 Å². The standard InChI is InChI=1S/C13H18O2/c1-5-9-13(10-6-2,11-7-3)15-12(14)8-4/h5-8H,1-4,9-11H2. The molecule has 0 saturated heterocycles. The van der Waals surface area contributed by atoms with E-state index in [1.807, 2.05) is 0 Å². The van der Waals surface area contributed by atoms with E-state index in [0.29, 0.717) is 19.3 Å². The largest absolute Gasteiger partial charge is 0.455 e. The Labute approximate surface area is 91.6 Å². The number of ether oxygens (including phenoxy) is 1. The third kappa shape index (κ3) is 4.45. The zero-order chi connectivity index (χ0) is 11.7. The molecule has 0 unspecified atom stereocenters. The number of hydrogen-bond acceptors (Lipinski definition) is 2. The van der Waals surface area contributed by atoms with Crippen molar-refractivity contribution in [1.82, 2.24) is 0 Å². The van der Waals surface area contributed by atoms with Crippen LogP contribution in [-0.2, 0) is 9.53 Å². The molecule has 0 heterocycles. The molecule has 0 aliphatic rings. The summed E-state index contributed by atoms with van der Waals surface area (Å²) in [6.07, 6.45) is 8.06. The van der Waals surface area contributed by atoms with Gasteiger partial charge in [0.25, 0.3) is 0 Å². The molecule has 0 aliphatic heterocycles. The van der Waals surface area contributed by atoms with E-state index >= 15 is 0 Å². The second-order valence-corrected chi connectivity index (χ2v) is 3.29. The molecule has 0 rings (SSSR count). The predicted octanol–water partition coefficient (Wildman–Crippen LogP) is 3.18. The van der Waals surface area contributed by atoms with Crippen molar-refractivity contribution in [2.45, 2.75) is 24.9 Å². The van der Waals surface area contributed by atoms with Gasteiger partial charge in [0.2, 0.25) is 0 Å². The highest BCUT2D eigenvalue weighted by Gasteiger charge is 2.29. The second-order valence-electron chi connectivity index (χ2n) is 3.29. The van der Waals surface area contributed by atoms with E-state index in [-0.39, 0.29) is 0 Å². The minimum Gasteiger partial charge on any atom is -0.455 e. The maximum Gasteiger partial charge on any atom is 0.330 e. The van der Waals surface area contributed by atoms with Crippen LogP contribution in [0.15, 0.2) is 50.6 Å². The van der Waals surface area contributed by atoms with Crippen molar-refractivity contribution in [1.29, 1.82) is 0 Å². The first-order valence-corrected chi connectivity index (χ1v) is 4.82. The third-order valence-corrected chi connectivity index (χ3v) is 2.03. The first kappa shape index (κ1) is 13.4. The summed E-state index contributed by atoms with van der Waals surface area (Å²) in [6, 6.07) is 0. The van der Waals surface area contributed by atoms with E-state index in [2.05, 4.69) is 26.3 Å². The lowest BCUT2D eigenvalue weighted by Crippen LogP contribution is -2.33. The van der Waals surface area contributed by atoms with Crippen molar-refractivity contribution in [3.8, 4) is 0 Å². The first-order chi connectivity index (χ1) is 7.14. The molecule has 0 amide bonds. The number of hydrogen-bond donors (Lipinski definition) is 0. The highest BCUT2D eigenvalue weighted by Crippen LogP contribution is 2.27. The van der Waals surface area contributed by atoms with Crippen molar-refractivity contribution >= 4 is 5.97 Å². The van der Waals surface area contributed by atoms with E-state index in [9.17, 15) is 4.79 Å². The molecular weight excluding hydrogens is 188 g/mol. The van der Waals surface area contributed by atoms with Crippen molar-refractivity contribution in [3.05, 3.63) is 50.6 Å². The molecular formula is C13H18O2. The summed E-state index contributed by atoms with van der Waals surface area (Å²) < 4.78 is 5.34. The molecule has 0 aromatic rings. The van der Waals surface area contributed by atoms with Crippen LogP contribution in [0.3, 0.4) is 0 Å². The summed E-state index contributed by atoms with van der Waals surface area (Å²) in [5.41, 5.74) is -0.601. The summed E-state index contributed by atoms with van der Waals surface area (Å²) in [7, 11) is 0. The maximum absolute atomic E-state index is 11.2. The van der Waals surface area contributed by atoms with Crippen LogP contribution in [-0.4, -0.2) is 11.6 Å². The van der Waals surface area contributed by atoms with Gasteiger partial charge in [0.15, 0.2) is 0 Å². The topological polar surface area (TPSA) is 26.3 Å². The molecule has 0 saturated carbocycles. The Morgan fingerprint density at radius 2 is 1.40 bits per heavy atom. The Morgan fingerprint density at radius 3 is 1.67 bits per heavy atom. The van der Waals surface area contributed by atoms with Crippen LogP contribution in [0.5, 0.6) is 0 Å². The number of rotatable bonds is 8. The van der Waals surface area contributed by atoms with Gasteiger partial charge in [-0.2, -0.15) is 0 Å². The Hall–Kier alpha value is -1.57.